The zero-order valence-corrected chi connectivity index (χ0v) is 18.4. The summed E-state index contributed by atoms with van der Waals surface area (Å²) in [5, 5.41) is 2.87. The van der Waals surface area contributed by atoms with Gasteiger partial charge in [-0.2, -0.15) is 0 Å². The van der Waals surface area contributed by atoms with E-state index in [4.69, 9.17) is 9.47 Å². The fraction of sp³-hybridized carbons (Fsp3) is 0.280. The first-order chi connectivity index (χ1) is 16.1. The van der Waals surface area contributed by atoms with Crippen LogP contribution in [0, 0.1) is 5.92 Å². The van der Waals surface area contributed by atoms with Crippen LogP contribution < -0.4 is 10.1 Å². The maximum atomic E-state index is 12.9. The SMILES string of the molecule is COc1ccccc1-c1cc(NC(=O)[C@@H]2CCCN(C(=O)OCc3ccccc3)C2)ncn1. The molecule has 1 aliphatic heterocycles. The molecule has 4 rings (SSSR count). The summed E-state index contributed by atoms with van der Waals surface area (Å²) in [7, 11) is 1.60. The van der Waals surface area contributed by atoms with Gasteiger partial charge in [0.1, 0.15) is 24.5 Å². The van der Waals surface area contributed by atoms with Gasteiger partial charge in [0.15, 0.2) is 0 Å². The highest BCUT2D eigenvalue weighted by Crippen LogP contribution is 2.29. The van der Waals surface area contributed by atoms with E-state index in [1.807, 2.05) is 54.6 Å². The highest BCUT2D eigenvalue weighted by Gasteiger charge is 2.29. The van der Waals surface area contributed by atoms with Gasteiger partial charge in [-0.1, -0.05) is 42.5 Å². The minimum Gasteiger partial charge on any atom is -0.496 e. The molecule has 0 spiro atoms. The molecule has 170 valence electrons. The number of para-hydroxylation sites is 1. The molecule has 2 amide bonds. The Morgan fingerprint density at radius 3 is 2.70 bits per heavy atom. The minimum atomic E-state index is -0.406. The van der Waals surface area contributed by atoms with Gasteiger partial charge in [-0.05, 0) is 30.5 Å². The Bertz CT molecular complexity index is 1110. The van der Waals surface area contributed by atoms with Crippen molar-refractivity contribution in [1.82, 2.24) is 14.9 Å². The monoisotopic (exact) mass is 446 g/mol. The van der Waals surface area contributed by atoms with Crippen molar-refractivity contribution in [3.63, 3.8) is 0 Å². The fourth-order valence-corrected chi connectivity index (χ4v) is 3.83. The van der Waals surface area contributed by atoms with Crippen molar-refractivity contribution >= 4 is 17.8 Å². The minimum absolute atomic E-state index is 0.180. The summed E-state index contributed by atoms with van der Waals surface area (Å²) >= 11 is 0. The lowest BCUT2D eigenvalue weighted by Gasteiger charge is -2.31. The Balaban J connectivity index is 1.37. The second-order valence-corrected chi connectivity index (χ2v) is 7.80. The van der Waals surface area contributed by atoms with Crippen molar-refractivity contribution in [1.29, 1.82) is 0 Å². The number of nitrogens with one attached hydrogen (secondary N) is 1. The second kappa shape index (κ2) is 10.6. The molecule has 2 aromatic carbocycles. The number of benzene rings is 2. The van der Waals surface area contributed by atoms with E-state index in [1.165, 1.54) is 6.33 Å². The van der Waals surface area contributed by atoms with E-state index in [-0.39, 0.29) is 18.4 Å². The Morgan fingerprint density at radius 1 is 1.09 bits per heavy atom. The number of amides is 2. The van der Waals surface area contributed by atoms with Gasteiger partial charge in [0.05, 0.1) is 18.7 Å². The predicted molar refractivity (Wildman–Crippen MR) is 124 cm³/mol. The summed E-state index contributed by atoms with van der Waals surface area (Å²) in [6, 6.07) is 18.8. The van der Waals surface area contributed by atoms with Gasteiger partial charge in [-0.3, -0.25) is 4.79 Å². The van der Waals surface area contributed by atoms with Crippen molar-refractivity contribution in [2.45, 2.75) is 19.4 Å². The van der Waals surface area contributed by atoms with E-state index in [1.54, 1.807) is 18.1 Å². The Kier molecular flexibility index (Phi) is 7.14. The molecule has 0 unspecified atom stereocenters. The molecule has 1 aromatic heterocycles. The third-order valence-corrected chi connectivity index (χ3v) is 5.56. The first-order valence-electron chi connectivity index (χ1n) is 10.9. The summed E-state index contributed by atoms with van der Waals surface area (Å²) in [5.41, 5.74) is 2.38. The lowest BCUT2D eigenvalue weighted by Crippen LogP contribution is -2.44. The second-order valence-electron chi connectivity index (χ2n) is 7.80. The summed E-state index contributed by atoms with van der Waals surface area (Å²) in [5.74, 6) is 0.568. The van der Waals surface area contributed by atoms with Gasteiger partial charge >= 0.3 is 6.09 Å². The number of nitrogens with zero attached hydrogens (tertiary/aromatic N) is 3. The maximum absolute atomic E-state index is 12.9. The van der Waals surface area contributed by atoms with E-state index in [0.29, 0.717) is 36.8 Å². The molecule has 1 N–H and O–H groups in total. The lowest BCUT2D eigenvalue weighted by molar-refractivity contribution is -0.121. The summed E-state index contributed by atoms with van der Waals surface area (Å²) in [6.45, 7) is 1.09. The van der Waals surface area contributed by atoms with Crippen LogP contribution in [-0.2, 0) is 16.1 Å². The zero-order chi connectivity index (χ0) is 23.0. The molecule has 0 aliphatic carbocycles. The number of ether oxygens (including phenoxy) is 2. The summed E-state index contributed by atoms with van der Waals surface area (Å²) < 4.78 is 10.8. The van der Waals surface area contributed by atoms with Gasteiger partial charge in [0.2, 0.25) is 5.91 Å². The third kappa shape index (κ3) is 5.65. The van der Waals surface area contributed by atoms with Crippen LogP contribution in [0.4, 0.5) is 10.6 Å². The van der Waals surface area contributed by atoms with Gasteiger partial charge in [-0.15, -0.1) is 0 Å². The van der Waals surface area contributed by atoms with Crippen molar-refractivity contribution in [3.05, 3.63) is 72.6 Å². The highest BCUT2D eigenvalue weighted by atomic mass is 16.6. The lowest BCUT2D eigenvalue weighted by atomic mass is 9.97. The van der Waals surface area contributed by atoms with Crippen molar-refractivity contribution in [3.8, 4) is 17.0 Å². The van der Waals surface area contributed by atoms with Crippen molar-refractivity contribution in [2.75, 3.05) is 25.5 Å². The quantitative estimate of drug-likeness (QED) is 0.612. The van der Waals surface area contributed by atoms with E-state index in [0.717, 1.165) is 17.5 Å². The molecule has 1 aliphatic rings. The molecule has 0 bridgehead atoms. The Hall–Kier alpha value is -3.94. The number of rotatable bonds is 6. The van der Waals surface area contributed by atoms with Crippen molar-refractivity contribution in [2.24, 2.45) is 5.92 Å². The average Bonchev–Trinajstić information content (AvgIpc) is 2.88. The van der Waals surface area contributed by atoms with E-state index < -0.39 is 6.09 Å². The number of methoxy groups -OCH3 is 1. The number of hydrogen-bond donors (Lipinski definition) is 1. The van der Waals surface area contributed by atoms with E-state index in [9.17, 15) is 9.59 Å². The fourth-order valence-electron chi connectivity index (χ4n) is 3.83. The van der Waals surface area contributed by atoms with E-state index in [2.05, 4.69) is 15.3 Å². The molecular formula is C25H26N4O4. The number of anilines is 1. The Morgan fingerprint density at radius 2 is 1.88 bits per heavy atom. The van der Waals surface area contributed by atoms with Crippen LogP contribution >= 0.6 is 0 Å². The molecule has 1 atom stereocenters. The van der Waals surface area contributed by atoms with Crippen LogP contribution in [0.15, 0.2) is 67.0 Å². The molecule has 1 fully saturated rings. The zero-order valence-electron chi connectivity index (χ0n) is 18.4. The van der Waals surface area contributed by atoms with Crippen LogP contribution in [0.25, 0.3) is 11.3 Å². The first kappa shape index (κ1) is 22.3. The van der Waals surface area contributed by atoms with Crippen LogP contribution in [-0.4, -0.2) is 47.1 Å². The molecule has 8 heteroatoms. The maximum Gasteiger partial charge on any atom is 0.410 e. The number of carbonyl (C=O) groups excluding carboxylic acids is 2. The number of piperidine rings is 1. The predicted octanol–water partition coefficient (Wildman–Crippen LogP) is 4.14. The number of likely N-dealkylation sites (tertiary alicyclic amines) is 1. The molecule has 2 heterocycles. The highest BCUT2D eigenvalue weighted by molar-refractivity contribution is 5.92. The molecule has 0 saturated carbocycles. The number of aromatic nitrogens is 2. The largest absolute Gasteiger partial charge is 0.496 e. The van der Waals surface area contributed by atoms with Crippen LogP contribution in [0.5, 0.6) is 5.75 Å². The topological polar surface area (TPSA) is 93.7 Å². The van der Waals surface area contributed by atoms with E-state index >= 15 is 0 Å². The molecule has 8 nitrogen and oxygen atoms in total. The van der Waals surface area contributed by atoms with Crippen LogP contribution in [0.3, 0.4) is 0 Å². The van der Waals surface area contributed by atoms with Gasteiger partial charge in [0.25, 0.3) is 0 Å². The summed E-state index contributed by atoms with van der Waals surface area (Å²) in [6.07, 6.45) is 2.43. The average molecular weight is 447 g/mol. The van der Waals surface area contributed by atoms with Gasteiger partial charge in [0, 0.05) is 24.7 Å². The smallest absolute Gasteiger partial charge is 0.410 e. The van der Waals surface area contributed by atoms with Gasteiger partial charge in [-0.25, -0.2) is 14.8 Å². The van der Waals surface area contributed by atoms with Crippen LogP contribution in [0.2, 0.25) is 0 Å². The van der Waals surface area contributed by atoms with Crippen molar-refractivity contribution < 1.29 is 19.1 Å². The molecule has 3 aromatic rings. The molecule has 1 saturated heterocycles. The normalized spacial score (nSPS) is 15.5. The Labute approximate surface area is 192 Å². The van der Waals surface area contributed by atoms with Crippen LogP contribution in [0.1, 0.15) is 18.4 Å². The van der Waals surface area contributed by atoms with Gasteiger partial charge < -0.3 is 19.7 Å². The molecule has 0 radical (unpaired) electrons. The first-order valence-corrected chi connectivity index (χ1v) is 10.9. The molecular weight excluding hydrogens is 420 g/mol. The number of hydrogen-bond acceptors (Lipinski definition) is 6. The summed E-state index contributed by atoms with van der Waals surface area (Å²) in [4.78, 5) is 35.5. The third-order valence-electron chi connectivity index (χ3n) is 5.56. The standard InChI is InChI=1S/C25H26N4O4/c1-32-22-12-6-5-11-20(22)21-14-23(27-17-26-21)28-24(30)19-10-7-13-29(15-19)25(31)33-16-18-8-3-2-4-9-18/h2-6,8-9,11-12,14,17,19H,7,10,13,15-16H2,1H3,(H,26,27,28,30)/t19-/m1/s1. The number of carbonyl (C=O) groups is 2. The molecule has 33 heavy (non-hydrogen) atoms.